The maximum absolute atomic E-state index is 9.61. The number of rotatable bonds is 3. The van der Waals surface area contributed by atoms with Crippen molar-refractivity contribution in [3.05, 3.63) is 157 Å². The molecule has 0 bridgehead atoms. The van der Waals surface area contributed by atoms with Gasteiger partial charge in [-0.1, -0.05) is 48.5 Å². The second-order valence-corrected chi connectivity index (χ2v) is 13.4. The number of benzene rings is 6. The number of pyridine rings is 1. The first-order chi connectivity index (χ1) is 24.2. The maximum atomic E-state index is 9.61. The topological polar surface area (TPSA) is 50.9 Å². The van der Waals surface area contributed by atoms with Crippen LogP contribution >= 0.6 is 11.3 Å². The van der Waals surface area contributed by atoms with E-state index in [1.54, 1.807) is 0 Å². The van der Waals surface area contributed by atoms with E-state index in [1.165, 1.54) is 25.6 Å². The molecule has 0 radical (unpaired) electrons. The molecule has 6 aromatic carbocycles. The average Bonchev–Trinajstić information content (AvgIpc) is 3.80. The van der Waals surface area contributed by atoms with Gasteiger partial charge in [0.05, 0.1) is 46.5 Å². The lowest BCUT2D eigenvalue weighted by atomic mass is 10.0. The van der Waals surface area contributed by atoms with Crippen LogP contribution in [0.5, 0.6) is 0 Å². The zero-order valence-corrected chi connectivity index (χ0v) is 26.7. The molecule has 0 aliphatic rings. The summed E-state index contributed by atoms with van der Waals surface area (Å²) in [7, 11) is 0. The summed E-state index contributed by atoms with van der Waals surface area (Å²) < 4.78 is 7.05. The monoisotopic (exact) mass is 641 g/mol. The average molecular weight is 642 g/mol. The standard InChI is InChI=1S/C43H23N5S/c1-45-29-18-28(20-31(21-29)48-38-11-4-2-9-32(38)35-17-26(24-44)13-14-39(35)48)27-7-6-8-30(19-27)47-40-23-43-37(34-10-3-5-12-42(34)49-43)22-36(40)33-15-16-46-25-41(33)47/h2-23,25H. The van der Waals surface area contributed by atoms with Crippen molar-refractivity contribution in [1.29, 1.82) is 5.26 Å². The maximum Gasteiger partial charge on any atom is 0.189 e. The summed E-state index contributed by atoms with van der Waals surface area (Å²) in [6.45, 7) is 8.02. The van der Waals surface area contributed by atoms with Crippen LogP contribution in [-0.2, 0) is 0 Å². The zero-order chi connectivity index (χ0) is 32.6. The Balaban J connectivity index is 1.19. The van der Waals surface area contributed by atoms with Crippen LogP contribution < -0.4 is 0 Å². The number of hydrogen-bond acceptors (Lipinski definition) is 3. The van der Waals surface area contributed by atoms with E-state index >= 15 is 0 Å². The zero-order valence-electron chi connectivity index (χ0n) is 25.9. The van der Waals surface area contributed by atoms with Crippen LogP contribution in [0.1, 0.15) is 5.56 Å². The fourth-order valence-corrected chi connectivity index (χ4v) is 8.58. The molecule has 0 unspecified atom stereocenters. The van der Waals surface area contributed by atoms with Gasteiger partial charge in [0.15, 0.2) is 5.69 Å². The Morgan fingerprint density at radius 3 is 2.24 bits per heavy atom. The highest BCUT2D eigenvalue weighted by Crippen LogP contribution is 2.41. The molecule has 0 amide bonds. The van der Waals surface area contributed by atoms with Crippen molar-refractivity contribution in [3.8, 4) is 28.6 Å². The largest absolute Gasteiger partial charge is 0.310 e. The van der Waals surface area contributed by atoms with Gasteiger partial charge in [-0.05, 0) is 90.0 Å². The molecular weight excluding hydrogens is 619 g/mol. The van der Waals surface area contributed by atoms with E-state index in [0.29, 0.717) is 11.3 Å². The van der Waals surface area contributed by atoms with E-state index in [1.807, 2.05) is 66.2 Å². The quantitative estimate of drug-likeness (QED) is 0.180. The van der Waals surface area contributed by atoms with Gasteiger partial charge in [-0.3, -0.25) is 4.98 Å². The Hall–Kier alpha value is -6.73. The number of hydrogen-bond donors (Lipinski definition) is 0. The minimum Gasteiger partial charge on any atom is -0.310 e. The molecule has 0 atom stereocenters. The normalized spacial score (nSPS) is 11.6. The summed E-state index contributed by atoms with van der Waals surface area (Å²) in [6, 6.07) is 46.3. The minimum absolute atomic E-state index is 0.561. The van der Waals surface area contributed by atoms with Gasteiger partial charge >= 0.3 is 0 Å². The second-order valence-electron chi connectivity index (χ2n) is 12.3. The Morgan fingerprint density at radius 1 is 0.571 bits per heavy atom. The summed E-state index contributed by atoms with van der Waals surface area (Å²) in [5, 5.41) is 16.6. The predicted octanol–water partition coefficient (Wildman–Crippen LogP) is 11.7. The van der Waals surface area contributed by atoms with E-state index in [2.05, 4.69) is 110 Å². The van der Waals surface area contributed by atoms with Crippen LogP contribution in [0.4, 0.5) is 5.69 Å². The van der Waals surface area contributed by atoms with Crippen LogP contribution in [0, 0.1) is 17.9 Å². The molecule has 0 aliphatic carbocycles. The molecule has 4 heterocycles. The van der Waals surface area contributed by atoms with E-state index < -0.39 is 0 Å². The smallest absolute Gasteiger partial charge is 0.189 e. The van der Waals surface area contributed by atoms with Gasteiger partial charge in [0, 0.05) is 59.3 Å². The van der Waals surface area contributed by atoms with Crippen molar-refractivity contribution in [1.82, 2.24) is 14.1 Å². The van der Waals surface area contributed by atoms with Crippen molar-refractivity contribution in [2.45, 2.75) is 0 Å². The van der Waals surface area contributed by atoms with Crippen LogP contribution in [0.2, 0.25) is 0 Å². The van der Waals surface area contributed by atoms with Crippen molar-refractivity contribution in [2.24, 2.45) is 0 Å². The molecule has 10 aromatic rings. The SMILES string of the molecule is [C-]#[N+]c1cc(-c2cccc(-n3c4cnccc4c4cc5c(cc43)sc3ccccc35)c2)cc(-n2c3ccccc3c3cc(C#N)ccc32)c1. The highest BCUT2D eigenvalue weighted by atomic mass is 32.1. The van der Waals surface area contributed by atoms with Gasteiger partial charge in [-0.15, -0.1) is 11.3 Å². The Morgan fingerprint density at radius 2 is 1.35 bits per heavy atom. The first-order valence-corrected chi connectivity index (χ1v) is 16.8. The Kier molecular flexibility index (Phi) is 5.81. The van der Waals surface area contributed by atoms with Crippen molar-refractivity contribution in [2.75, 3.05) is 0 Å². The third-order valence-corrected chi connectivity index (χ3v) is 10.7. The van der Waals surface area contributed by atoms with Gasteiger partial charge in [-0.25, -0.2) is 4.85 Å². The number of nitrogens with zero attached hydrogens (tertiary/aromatic N) is 5. The van der Waals surface area contributed by atoms with Crippen molar-refractivity contribution >= 4 is 80.8 Å². The van der Waals surface area contributed by atoms with Crippen molar-refractivity contribution in [3.63, 3.8) is 0 Å². The lowest BCUT2D eigenvalue weighted by molar-refractivity contribution is 1.17. The summed E-state index contributed by atoms with van der Waals surface area (Å²) >= 11 is 1.82. The molecule has 49 heavy (non-hydrogen) atoms. The molecule has 0 N–H and O–H groups in total. The number of fused-ring (bicyclic) bond motifs is 9. The molecule has 6 heteroatoms. The molecule has 5 nitrogen and oxygen atoms in total. The molecule has 10 rings (SSSR count). The van der Waals surface area contributed by atoms with Crippen LogP contribution in [0.25, 0.3) is 91.1 Å². The molecule has 0 saturated carbocycles. The first kappa shape index (κ1) is 27.4. The fraction of sp³-hybridized carbons (Fsp3) is 0. The van der Waals surface area contributed by atoms with E-state index in [9.17, 15) is 5.26 Å². The number of nitriles is 1. The number of thiophene rings is 1. The van der Waals surface area contributed by atoms with Gasteiger partial charge in [0.2, 0.25) is 0 Å². The molecule has 226 valence electrons. The molecule has 0 aliphatic heterocycles. The highest BCUT2D eigenvalue weighted by Gasteiger charge is 2.18. The third-order valence-electron chi connectivity index (χ3n) is 9.60. The van der Waals surface area contributed by atoms with Gasteiger partial charge < -0.3 is 9.13 Å². The van der Waals surface area contributed by atoms with E-state index in [4.69, 9.17) is 6.57 Å². The van der Waals surface area contributed by atoms with Crippen LogP contribution in [0.15, 0.2) is 140 Å². The lowest BCUT2D eigenvalue weighted by Crippen LogP contribution is -1.96. The van der Waals surface area contributed by atoms with E-state index in [-0.39, 0.29) is 0 Å². The molecule has 0 spiro atoms. The van der Waals surface area contributed by atoms with Gasteiger partial charge in [0.1, 0.15) is 0 Å². The summed E-state index contributed by atoms with van der Waals surface area (Å²) in [6.07, 6.45) is 3.82. The third kappa shape index (κ3) is 4.06. The Labute approximate surface area is 284 Å². The molecule has 0 fully saturated rings. The van der Waals surface area contributed by atoms with E-state index in [0.717, 1.165) is 60.7 Å². The van der Waals surface area contributed by atoms with Gasteiger partial charge in [0.25, 0.3) is 0 Å². The highest BCUT2D eigenvalue weighted by molar-refractivity contribution is 7.25. The number of aromatic nitrogens is 3. The second kappa shape index (κ2) is 10.4. The first-order valence-electron chi connectivity index (χ1n) is 15.9. The molecular formula is C43H23N5S. The lowest BCUT2D eigenvalue weighted by Gasteiger charge is -2.13. The number of para-hydroxylation sites is 1. The predicted molar refractivity (Wildman–Crippen MR) is 202 cm³/mol. The van der Waals surface area contributed by atoms with Crippen LogP contribution in [-0.4, -0.2) is 14.1 Å². The van der Waals surface area contributed by atoms with Crippen LogP contribution in [0.3, 0.4) is 0 Å². The summed E-state index contributed by atoms with van der Waals surface area (Å²) in [5.41, 5.74) is 9.29. The van der Waals surface area contributed by atoms with Crippen molar-refractivity contribution < 1.29 is 0 Å². The van der Waals surface area contributed by atoms with Gasteiger partial charge in [-0.2, -0.15) is 5.26 Å². The Bertz CT molecular complexity index is 3090. The molecule has 4 aromatic heterocycles. The summed E-state index contributed by atoms with van der Waals surface area (Å²) in [5.74, 6) is 0. The minimum atomic E-state index is 0.561. The molecule has 0 saturated heterocycles. The summed E-state index contributed by atoms with van der Waals surface area (Å²) in [4.78, 5) is 8.43. The fourth-order valence-electron chi connectivity index (χ4n) is 7.46.